The molecule has 2 aromatic carbocycles. The van der Waals surface area contributed by atoms with Gasteiger partial charge in [0, 0.05) is 35.1 Å². The van der Waals surface area contributed by atoms with Gasteiger partial charge in [-0.1, -0.05) is 6.07 Å². The van der Waals surface area contributed by atoms with Crippen LogP contribution in [-0.4, -0.2) is 61.3 Å². The normalized spacial score (nSPS) is 18.2. The summed E-state index contributed by atoms with van der Waals surface area (Å²) >= 11 is 0. The van der Waals surface area contributed by atoms with Crippen LogP contribution < -0.4 is 19.7 Å². The molecule has 1 N–H and O–H groups in total. The fourth-order valence-electron chi connectivity index (χ4n) is 6.15. The molecule has 7 heteroatoms. The van der Waals surface area contributed by atoms with Crippen LogP contribution in [0.5, 0.6) is 11.5 Å². The average molecular weight is 528 g/mol. The van der Waals surface area contributed by atoms with E-state index in [1.165, 1.54) is 24.0 Å². The monoisotopic (exact) mass is 527 g/mol. The molecule has 3 aromatic rings. The molecular weight excluding hydrogens is 486 g/mol. The van der Waals surface area contributed by atoms with E-state index in [0.29, 0.717) is 23.8 Å². The van der Waals surface area contributed by atoms with Crippen LogP contribution in [0.4, 0.5) is 17.3 Å². The fourth-order valence-corrected chi connectivity index (χ4v) is 6.15. The van der Waals surface area contributed by atoms with Crippen molar-refractivity contribution in [3.63, 3.8) is 0 Å². The molecule has 7 nitrogen and oxygen atoms in total. The molecule has 2 aliphatic heterocycles. The Hall–Kier alpha value is -3.32. The van der Waals surface area contributed by atoms with Crippen molar-refractivity contribution in [3.8, 4) is 22.8 Å². The van der Waals surface area contributed by atoms with Crippen LogP contribution in [0, 0.1) is 6.92 Å². The first-order chi connectivity index (χ1) is 18.9. The number of ether oxygens (including phenoxy) is 2. The summed E-state index contributed by atoms with van der Waals surface area (Å²) < 4.78 is 11.9. The van der Waals surface area contributed by atoms with E-state index in [2.05, 4.69) is 73.3 Å². The van der Waals surface area contributed by atoms with Gasteiger partial charge in [0.05, 0.1) is 25.0 Å². The van der Waals surface area contributed by atoms with E-state index in [9.17, 15) is 0 Å². The van der Waals surface area contributed by atoms with Gasteiger partial charge in [-0.3, -0.25) is 0 Å². The van der Waals surface area contributed by atoms with Gasteiger partial charge >= 0.3 is 0 Å². The predicted octanol–water partition coefficient (Wildman–Crippen LogP) is 6.50. The van der Waals surface area contributed by atoms with E-state index in [1.54, 1.807) is 7.11 Å². The highest BCUT2D eigenvalue weighted by Gasteiger charge is 2.30. The van der Waals surface area contributed by atoms with Crippen molar-refractivity contribution < 1.29 is 9.47 Å². The first kappa shape index (κ1) is 25.9. The molecular formula is C32H41N5O2. The third kappa shape index (κ3) is 5.29. The minimum absolute atomic E-state index is 0.403. The van der Waals surface area contributed by atoms with Gasteiger partial charge in [-0.2, -0.15) is 0 Å². The van der Waals surface area contributed by atoms with Gasteiger partial charge in [-0.25, -0.2) is 9.97 Å². The lowest BCUT2D eigenvalue weighted by atomic mass is 9.89. The molecule has 2 fully saturated rings. The maximum atomic E-state index is 6.10. The molecule has 3 heterocycles. The zero-order chi connectivity index (χ0) is 27.1. The number of benzene rings is 2. The van der Waals surface area contributed by atoms with Crippen molar-refractivity contribution >= 4 is 17.3 Å². The van der Waals surface area contributed by atoms with Crippen molar-refractivity contribution in [2.75, 3.05) is 50.6 Å². The highest BCUT2D eigenvalue weighted by Crippen LogP contribution is 2.46. The number of anilines is 3. The number of likely N-dealkylation sites (tertiary alicyclic amines) is 1. The zero-order valence-corrected chi connectivity index (χ0v) is 24.0. The van der Waals surface area contributed by atoms with E-state index in [1.807, 2.05) is 6.20 Å². The van der Waals surface area contributed by atoms with Crippen molar-refractivity contribution in [1.82, 2.24) is 14.9 Å². The van der Waals surface area contributed by atoms with Crippen LogP contribution in [0.25, 0.3) is 11.3 Å². The summed E-state index contributed by atoms with van der Waals surface area (Å²) in [6.45, 7) is 10.5. The standard InChI is InChI=1S/C32H41N5O2/c1-20(2)37-14-15-39-31-21(3)16-24(17-28(31)37)30-27(22-6-7-22)19-33-32(35-30)34-25-8-9-26(29(18-25)38-5)23-10-12-36(4)13-11-23/h8-9,16-20,22-23H,6-7,10-15H2,1-5H3,(H,33,34,35). The summed E-state index contributed by atoms with van der Waals surface area (Å²) in [6, 6.07) is 11.3. The maximum absolute atomic E-state index is 6.10. The number of rotatable bonds is 7. The van der Waals surface area contributed by atoms with Crippen LogP contribution in [-0.2, 0) is 0 Å². The Morgan fingerprint density at radius 2 is 1.77 bits per heavy atom. The van der Waals surface area contributed by atoms with E-state index in [-0.39, 0.29) is 0 Å². The topological polar surface area (TPSA) is 62.8 Å². The van der Waals surface area contributed by atoms with Gasteiger partial charge in [0.1, 0.15) is 18.1 Å². The van der Waals surface area contributed by atoms with Crippen molar-refractivity contribution in [2.24, 2.45) is 0 Å². The van der Waals surface area contributed by atoms with Crippen molar-refractivity contribution in [1.29, 1.82) is 0 Å². The van der Waals surface area contributed by atoms with Crippen LogP contribution in [0.2, 0.25) is 0 Å². The molecule has 0 unspecified atom stereocenters. The van der Waals surface area contributed by atoms with Crippen molar-refractivity contribution in [2.45, 2.75) is 64.3 Å². The number of aromatic nitrogens is 2. The van der Waals surface area contributed by atoms with Gasteiger partial charge in [0.2, 0.25) is 5.95 Å². The van der Waals surface area contributed by atoms with Crippen molar-refractivity contribution in [3.05, 3.63) is 53.2 Å². The molecule has 39 heavy (non-hydrogen) atoms. The van der Waals surface area contributed by atoms with E-state index in [4.69, 9.17) is 19.4 Å². The van der Waals surface area contributed by atoms with Gasteiger partial charge in [-0.05, 0) is 108 Å². The fraction of sp³-hybridized carbons (Fsp3) is 0.500. The lowest BCUT2D eigenvalue weighted by Gasteiger charge is -2.35. The highest BCUT2D eigenvalue weighted by atomic mass is 16.5. The third-order valence-corrected chi connectivity index (χ3v) is 8.52. The van der Waals surface area contributed by atoms with E-state index in [0.717, 1.165) is 78.8 Å². The Bertz CT molecular complexity index is 1340. The number of methoxy groups -OCH3 is 1. The third-order valence-electron chi connectivity index (χ3n) is 8.52. The molecule has 1 aliphatic carbocycles. The number of aryl methyl sites for hydroxylation is 1. The minimum atomic E-state index is 0.403. The largest absolute Gasteiger partial charge is 0.496 e. The van der Waals surface area contributed by atoms with Crippen LogP contribution in [0.1, 0.15) is 68.1 Å². The molecule has 0 bridgehead atoms. The summed E-state index contributed by atoms with van der Waals surface area (Å²) in [6.07, 6.45) is 6.74. The molecule has 206 valence electrons. The predicted molar refractivity (Wildman–Crippen MR) is 158 cm³/mol. The number of fused-ring (bicyclic) bond motifs is 1. The number of hydrogen-bond acceptors (Lipinski definition) is 7. The number of hydrogen-bond donors (Lipinski definition) is 1. The van der Waals surface area contributed by atoms with E-state index >= 15 is 0 Å². The molecule has 0 atom stereocenters. The highest BCUT2D eigenvalue weighted by molar-refractivity contribution is 5.76. The zero-order valence-electron chi connectivity index (χ0n) is 24.0. The number of nitrogens with zero attached hydrogens (tertiary/aromatic N) is 4. The summed E-state index contributed by atoms with van der Waals surface area (Å²) in [5.41, 5.74) is 7.93. The van der Waals surface area contributed by atoms with Gasteiger partial charge in [-0.15, -0.1) is 0 Å². The van der Waals surface area contributed by atoms with Crippen LogP contribution >= 0.6 is 0 Å². The lowest BCUT2D eigenvalue weighted by molar-refractivity contribution is 0.252. The smallest absolute Gasteiger partial charge is 0.227 e. The Balaban J connectivity index is 1.32. The maximum Gasteiger partial charge on any atom is 0.227 e. The molecule has 1 aromatic heterocycles. The molecule has 0 amide bonds. The first-order valence-corrected chi connectivity index (χ1v) is 14.5. The second kappa shape index (κ2) is 10.7. The molecule has 1 saturated carbocycles. The quantitative estimate of drug-likeness (QED) is 0.376. The molecule has 1 saturated heterocycles. The Kier molecular flexibility index (Phi) is 7.10. The van der Waals surface area contributed by atoms with Gasteiger partial charge in [0.15, 0.2) is 0 Å². The summed E-state index contributed by atoms with van der Waals surface area (Å²) in [5, 5.41) is 3.47. The molecule has 6 rings (SSSR count). The minimum Gasteiger partial charge on any atom is -0.496 e. The Morgan fingerprint density at radius 1 is 1.00 bits per heavy atom. The number of nitrogens with one attached hydrogen (secondary N) is 1. The summed E-state index contributed by atoms with van der Waals surface area (Å²) in [7, 11) is 3.96. The SMILES string of the molecule is COc1cc(Nc2ncc(C3CC3)c(-c3cc(C)c4c(c3)N(C(C)C)CCO4)n2)ccc1C1CCN(C)CC1. The number of piperidine rings is 1. The van der Waals surface area contributed by atoms with Crippen LogP contribution in [0.3, 0.4) is 0 Å². The molecule has 0 spiro atoms. The Labute approximate surface area is 232 Å². The van der Waals surface area contributed by atoms with E-state index < -0.39 is 0 Å². The van der Waals surface area contributed by atoms with Gasteiger partial charge in [0.25, 0.3) is 0 Å². The summed E-state index contributed by atoms with van der Waals surface area (Å²) in [5.74, 6) is 3.61. The second-order valence-corrected chi connectivity index (χ2v) is 11.7. The second-order valence-electron chi connectivity index (χ2n) is 11.7. The Morgan fingerprint density at radius 3 is 2.49 bits per heavy atom. The molecule has 3 aliphatic rings. The van der Waals surface area contributed by atoms with Gasteiger partial charge < -0.3 is 24.6 Å². The molecule has 0 radical (unpaired) electrons. The first-order valence-electron chi connectivity index (χ1n) is 14.5. The average Bonchev–Trinajstić information content (AvgIpc) is 3.79. The summed E-state index contributed by atoms with van der Waals surface area (Å²) in [4.78, 5) is 14.7. The van der Waals surface area contributed by atoms with Crippen LogP contribution in [0.15, 0.2) is 36.5 Å². The lowest BCUT2D eigenvalue weighted by Crippen LogP contribution is -2.38.